The summed E-state index contributed by atoms with van der Waals surface area (Å²) in [5.74, 6) is 0.391. The van der Waals surface area contributed by atoms with Gasteiger partial charge >= 0.3 is 0 Å². The van der Waals surface area contributed by atoms with E-state index in [1.807, 2.05) is 6.92 Å². The fraction of sp³-hybridized carbons (Fsp3) is 0.368. The highest BCUT2D eigenvalue weighted by molar-refractivity contribution is 9.10. The van der Waals surface area contributed by atoms with Crippen LogP contribution in [0.2, 0.25) is 0 Å². The molecule has 1 aliphatic rings. The zero-order chi connectivity index (χ0) is 16.2. The highest BCUT2D eigenvalue weighted by Gasteiger charge is 2.28. The monoisotopic (exact) mass is 438 g/mol. The molecule has 2 aromatic carbocycles. The molecule has 0 unspecified atom stereocenters. The topological polar surface area (TPSA) is 18.5 Å². The van der Waals surface area contributed by atoms with Gasteiger partial charge in [-0.05, 0) is 59.9 Å². The first-order valence-electron chi connectivity index (χ1n) is 7.95. The molecule has 122 valence electrons. The zero-order valence-corrected chi connectivity index (χ0v) is 16.3. The average molecular weight is 440 g/mol. The minimum Gasteiger partial charge on any atom is -0.379 e. The van der Waals surface area contributed by atoms with Crippen molar-refractivity contribution in [1.82, 2.24) is 0 Å². The summed E-state index contributed by atoms with van der Waals surface area (Å²) in [4.78, 5) is 0. The van der Waals surface area contributed by atoms with Gasteiger partial charge < -0.3 is 9.47 Å². The maximum Gasteiger partial charge on any atom is 0.0700 e. The Morgan fingerprint density at radius 3 is 1.96 bits per heavy atom. The fourth-order valence-corrected chi connectivity index (χ4v) is 3.94. The summed E-state index contributed by atoms with van der Waals surface area (Å²) in [6.07, 6.45) is 0.985. The summed E-state index contributed by atoms with van der Waals surface area (Å²) in [6.45, 7) is 4.83. The van der Waals surface area contributed by atoms with Crippen LogP contribution in [0.15, 0.2) is 45.3 Å². The van der Waals surface area contributed by atoms with E-state index in [-0.39, 0.29) is 0 Å². The largest absolute Gasteiger partial charge is 0.379 e. The van der Waals surface area contributed by atoms with E-state index in [0.717, 1.165) is 28.6 Å². The van der Waals surface area contributed by atoms with Crippen molar-refractivity contribution in [2.24, 2.45) is 0 Å². The van der Waals surface area contributed by atoms with Crippen LogP contribution in [-0.4, -0.2) is 26.4 Å². The van der Waals surface area contributed by atoms with Crippen LogP contribution >= 0.6 is 31.9 Å². The van der Waals surface area contributed by atoms with Crippen LogP contribution < -0.4 is 0 Å². The number of benzene rings is 2. The molecule has 0 bridgehead atoms. The van der Waals surface area contributed by atoms with Crippen molar-refractivity contribution in [3.05, 3.63) is 56.5 Å². The van der Waals surface area contributed by atoms with Gasteiger partial charge in [0.2, 0.25) is 0 Å². The summed E-state index contributed by atoms with van der Waals surface area (Å²) in [5, 5.41) is 0. The summed E-state index contributed by atoms with van der Waals surface area (Å²) in [5.41, 5.74) is 5.46. The molecule has 0 saturated heterocycles. The Hall–Kier alpha value is -0.680. The lowest BCUT2D eigenvalue weighted by Gasteiger charge is -2.14. The smallest absolute Gasteiger partial charge is 0.0700 e. The molecule has 0 radical (unpaired) electrons. The van der Waals surface area contributed by atoms with Gasteiger partial charge in [-0.2, -0.15) is 0 Å². The van der Waals surface area contributed by atoms with Crippen LogP contribution in [0.1, 0.15) is 30.4 Å². The van der Waals surface area contributed by atoms with Gasteiger partial charge in [0.25, 0.3) is 0 Å². The molecule has 3 rings (SSSR count). The Morgan fingerprint density at radius 2 is 1.39 bits per heavy atom. The standard InChI is InChI=1S/C19H20Br2O2/c1-2-22-9-10-23-8-7-17-18-11-13(20)3-5-15(18)16-6-4-14(21)12-19(16)17/h3-6,11-12,17H,2,7-10H2,1H3. The van der Waals surface area contributed by atoms with Crippen molar-refractivity contribution in [2.75, 3.05) is 26.4 Å². The molecule has 2 aromatic rings. The number of hydrogen-bond acceptors (Lipinski definition) is 2. The van der Waals surface area contributed by atoms with Gasteiger partial charge in [-0.1, -0.05) is 44.0 Å². The number of halogens is 2. The Morgan fingerprint density at radius 1 is 0.826 bits per heavy atom. The van der Waals surface area contributed by atoms with Crippen molar-refractivity contribution in [2.45, 2.75) is 19.3 Å². The highest BCUT2D eigenvalue weighted by atomic mass is 79.9. The predicted octanol–water partition coefficient (Wildman–Crippen LogP) is 5.77. The van der Waals surface area contributed by atoms with E-state index in [4.69, 9.17) is 9.47 Å². The Labute approximate surface area is 154 Å². The second-order valence-corrected chi connectivity index (χ2v) is 7.45. The molecular weight excluding hydrogens is 420 g/mol. The summed E-state index contributed by atoms with van der Waals surface area (Å²) in [7, 11) is 0. The van der Waals surface area contributed by atoms with E-state index in [2.05, 4.69) is 68.3 Å². The second-order valence-electron chi connectivity index (χ2n) is 5.61. The summed E-state index contributed by atoms with van der Waals surface area (Å²) < 4.78 is 13.3. The van der Waals surface area contributed by atoms with E-state index in [0.29, 0.717) is 19.1 Å². The fourth-order valence-electron chi connectivity index (χ4n) is 3.18. The molecule has 0 aromatic heterocycles. The van der Waals surface area contributed by atoms with Crippen LogP contribution in [0.4, 0.5) is 0 Å². The lowest BCUT2D eigenvalue weighted by Crippen LogP contribution is -2.08. The Bertz CT molecular complexity index is 634. The molecule has 0 aliphatic heterocycles. The first kappa shape index (κ1) is 17.2. The molecule has 0 amide bonds. The number of rotatable bonds is 7. The van der Waals surface area contributed by atoms with Crippen LogP contribution in [0, 0.1) is 0 Å². The second kappa shape index (κ2) is 7.93. The molecule has 4 heteroatoms. The van der Waals surface area contributed by atoms with Crippen molar-refractivity contribution >= 4 is 31.9 Å². The molecule has 2 nitrogen and oxygen atoms in total. The molecular formula is C19H20Br2O2. The molecule has 0 heterocycles. The molecule has 0 saturated carbocycles. The third kappa shape index (κ3) is 3.87. The van der Waals surface area contributed by atoms with Gasteiger partial charge in [-0.15, -0.1) is 0 Å². The van der Waals surface area contributed by atoms with Gasteiger partial charge in [0.15, 0.2) is 0 Å². The van der Waals surface area contributed by atoms with Crippen molar-refractivity contribution in [3.63, 3.8) is 0 Å². The van der Waals surface area contributed by atoms with E-state index >= 15 is 0 Å². The van der Waals surface area contributed by atoms with Crippen LogP contribution in [0.3, 0.4) is 0 Å². The van der Waals surface area contributed by atoms with Crippen LogP contribution in [0.5, 0.6) is 0 Å². The van der Waals surface area contributed by atoms with E-state index in [1.165, 1.54) is 22.3 Å². The minimum atomic E-state index is 0.391. The molecule has 0 fully saturated rings. The average Bonchev–Trinajstić information content (AvgIpc) is 2.83. The quantitative estimate of drug-likeness (QED) is 0.510. The predicted molar refractivity (Wildman–Crippen MR) is 101 cm³/mol. The maximum absolute atomic E-state index is 5.74. The van der Waals surface area contributed by atoms with Gasteiger partial charge in [0.05, 0.1) is 13.2 Å². The van der Waals surface area contributed by atoms with E-state index in [9.17, 15) is 0 Å². The van der Waals surface area contributed by atoms with Gasteiger partial charge in [0, 0.05) is 28.1 Å². The number of ether oxygens (including phenoxy) is 2. The number of fused-ring (bicyclic) bond motifs is 3. The SMILES string of the molecule is CCOCCOCCC1c2cc(Br)ccc2-c2ccc(Br)cc21. The third-order valence-corrected chi connectivity index (χ3v) is 5.18. The normalized spacial score (nSPS) is 13.2. The maximum atomic E-state index is 5.74. The van der Waals surface area contributed by atoms with Gasteiger partial charge in [0.1, 0.15) is 0 Å². The van der Waals surface area contributed by atoms with Crippen molar-refractivity contribution in [1.29, 1.82) is 0 Å². The third-order valence-electron chi connectivity index (χ3n) is 4.20. The van der Waals surface area contributed by atoms with Gasteiger partial charge in [-0.25, -0.2) is 0 Å². The molecule has 0 N–H and O–H groups in total. The zero-order valence-electron chi connectivity index (χ0n) is 13.1. The first-order valence-corrected chi connectivity index (χ1v) is 9.54. The first-order chi connectivity index (χ1) is 11.2. The van der Waals surface area contributed by atoms with Crippen molar-refractivity contribution < 1.29 is 9.47 Å². The van der Waals surface area contributed by atoms with Gasteiger partial charge in [-0.3, -0.25) is 0 Å². The van der Waals surface area contributed by atoms with Crippen molar-refractivity contribution in [3.8, 4) is 11.1 Å². The molecule has 23 heavy (non-hydrogen) atoms. The lowest BCUT2D eigenvalue weighted by molar-refractivity contribution is 0.0510. The van der Waals surface area contributed by atoms with Crippen LogP contribution in [-0.2, 0) is 9.47 Å². The Balaban J connectivity index is 1.77. The lowest BCUT2D eigenvalue weighted by atomic mass is 9.94. The summed E-state index contributed by atoms with van der Waals surface area (Å²) >= 11 is 7.21. The molecule has 1 aliphatic carbocycles. The highest BCUT2D eigenvalue weighted by Crippen LogP contribution is 2.47. The van der Waals surface area contributed by atoms with E-state index in [1.54, 1.807) is 0 Å². The van der Waals surface area contributed by atoms with E-state index < -0.39 is 0 Å². The molecule has 0 atom stereocenters. The number of hydrogen-bond donors (Lipinski definition) is 0. The molecule has 0 spiro atoms. The summed E-state index contributed by atoms with van der Waals surface area (Å²) in [6, 6.07) is 13.1. The minimum absolute atomic E-state index is 0.391. The van der Waals surface area contributed by atoms with Crippen LogP contribution in [0.25, 0.3) is 11.1 Å². The Kier molecular flexibility index (Phi) is 5.91.